The first kappa shape index (κ1) is 16.0. The minimum absolute atomic E-state index is 0.116. The quantitative estimate of drug-likeness (QED) is 0.921. The van der Waals surface area contributed by atoms with Gasteiger partial charge in [0, 0.05) is 18.2 Å². The van der Waals surface area contributed by atoms with Crippen LogP contribution in [0, 0.1) is 12.7 Å². The number of carbonyl (C=O) groups excluding carboxylic acids is 1. The van der Waals surface area contributed by atoms with Crippen LogP contribution in [0.2, 0.25) is 0 Å². The molecule has 1 N–H and O–H groups in total. The molecule has 1 aliphatic heterocycles. The molecule has 1 unspecified atom stereocenters. The van der Waals surface area contributed by atoms with E-state index in [1.165, 1.54) is 12.1 Å². The smallest absolute Gasteiger partial charge is 0.251 e. The Morgan fingerprint density at radius 1 is 1.43 bits per heavy atom. The zero-order chi connectivity index (χ0) is 15.5. The van der Waals surface area contributed by atoms with Gasteiger partial charge >= 0.3 is 0 Å². The second-order valence-electron chi connectivity index (χ2n) is 5.87. The second-order valence-corrected chi connectivity index (χ2v) is 5.87. The van der Waals surface area contributed by atoms with Crippen molar-refractivity contribution in [1.29, 1.82) is 0 Å². The zero-order valence-corrected chi connectivity index (χ0v) is 13.0. The van der Waals surface area contributed by atoms with Gasteiger partial charge in [0.05, 0.1) is 5.60 Å². The monoisotopic (exact) mass is 293 g/mol. The van der Waals surface area contributed by atoms with Crippen molar-refractivity contribution in [3.8, 4) is 0 Å². The third-order valence-electron chi connectivity index (χ3n) is 4.54. The van der Waals surface area contributed by atoms with Gasteiger partial charge in [-0.05, 0) is 56.4 Å². The summed E-state index contributed by atoms with van der Waals surface area (Å²) >= 11 is 0. The van der Waals surface area contributed by atoms with Gasteiger partial charge in [-0.25, -0.2) is 4.39 Å². The lowest BCUT2D eigenvalue weighted by atomic mass is 9.86. The van der Waals surface area contributed by atoms with E-state index in [1.54, 1.807) is 13.0 Å². The average molecular weight is 293 g/mol. The van der Waals surface area contributed by atoms with Crippen molar-refractivity contribution in [1.82, 2.24) is 5.32 Å². The predicted octanol–water partition coefficient (Wildman–Crippen LogP) is 3.60. The molecule has 0 spiro atoms. The van der Waals surface area contributed by atoms with Gasteiger partial charge in [-0.2, -0.15) is 0 Å². The number of ether oxygens (including phenoxy) is 1. The van der Waals surface area contributed by atoms with Crippen LogP contribution in [0.15, 0.2) is 18.2 Å². The summed E-state index contributed by atoms with van der Waals surface area (Å²) in [6, 6.07) is 4.59. The first-order valence-electron chi connectivity index (χ1n) is 7.70. The molecular formula is C17H24FNO2. The molecule has 0 radical (unpaired) electrons. The summed E-state index contributed by atoms with van der Waals surface area (Å²) < 4.78 is 19.2. The van der Waals surface area contributed by atoms with Crippen LogP contribution in [0.1, 0.15) is 55.5 Å². The van der Waals surface area contributed by atoms with Crippen molar-refractivity contribution < 1.29 is 13.9 Å². The van der Waals surface area contributed by atoms with E-state index in [-0.39, 0.29) is 23.4 Å². The molecule has 116 valence electrons. The molecule has 4 heteroatoms. The molecule has 1 aromatic carbocycles. The Morgan fingerprint density at radius 2 is 2.14 bits per heavy atom. The highest BCUT2D eigenvalue weighted by Crippen LogP contribution is 2.31. The number of benzene rings is 1. The van der Waals surface area contributed by atoms with Crippen molar-refractivity contribution in [3.63, 3.8) is 0 Å². The molecule has 2 rings (SSSR count). The van der Waals surface area contributed by atoms with Gasteiger partial charge < -0.3 is 10.1 Å². The Hall–Kier alpha value is -1.42. The number of rotatable bonds is 4. The lowest BCUT2D eigenvalue weighted by Gasteiger charge is -2.40. The van der Waals surface area contributed by atoms with E-state index >= 15 is 0 Å². The van der Waals surface area contributed by atoms with Crippen LogP contribution in [-0.2, 0) is 4.74 Å². The molecule has 0 bridgehead atoms. The first-order valence-corrected chi connectivity index (χ1v) is 7.70. The maximum absolute atomic E-state index is 13.3. The second kappa shape index (κ2) is 6.56. The van der Waals surface area contributed by atoms with Gasteiger partial charge in [0.1, 0.15) is 5.82 Å². The van der Waals surface area contributed by atoms with Gasteiger partial charge in [-0.3, -0.25) is 4.79 Å². The minimum atomic E-state index is -0.284. The van der Waals surface area contributed by atoms with Gasteiger partial charge in [0.25, 0.3) is 5.91 Å². The first-order chi connectivity index (χ1) is 9.99. The summed E-state index contributed by atoms with van der Waals surface area (Å²) in [5.41, 5.74) is 0.889. The highest BCUT2D eigenvalue weighted by molar-refractivity contribution is 5.94. The van der Waals surface area contributed by atoms with E-state index in [4.69, 9.17) is 4.74 Å². The number of halogens is 1. The summed E-state index contributed by atoms with van der Waals surface area (Å²) in [6.45, 7) is 6.59. The average Bonchev–Trinajstić information content (AvgIpc) is 2.50. The molecule has 0 aliphatic carbocycles. The molecule has 3 nitrogen and oxygen atoms in total. The zero-order valence-electron chi connectivity index (χ0n) is 13.0. The highest BCUT2D eigenvalue weighted by Gasteiger charge is 2.35. The third kappa shape index (κ3) is 3.62. The van der Waals surface area contributed by atoms with E-state index in [9.17, 15) is 9.18 Å². The number of aryl methyl sites for hydroxylation is 1. The lowest BCUT2D eigenvalue weighted by Crippen LogP contribution is -2.48. The Morgan fingerprint density at radius 3 is 2.76 bits per heavy atom. The fourth-order valence-electron chi connectivity index (χ4n) is 2.95. The highest BCUT2D eigenvalue weighted by atomic mass is 19.1. The lowest BCUT2D eigenvalue weighted by molar-refractivity contribution is -0.0917. The van der Waals surface area contributed by atoms with Crippen LogP contribution < -0.4 is 5.32 Å². The molecule has 1 heterocycles. The molecule has 1 saturated heterocycles. The Balaban J connectivity index is 2.03. The molecule has 1 atom stereocenters. The molecule has 21 heavy (non-hydrogen) atoms. The number of hydrogen-bond acceptors (Lipinski definition) is 2. The summed E-state index contributed by atoms with van der Waals surface area (Å²) in [5, 5.41) is 3.06. The fraction of sp³-hybridized carbons (Fsp3) is 0.588. The van der Waals surface area contributed by atoms with Gasteiger partial charge in [0.15, 0.2) is 0 Å². The minimum Gasteiger partial charge on any atom is -0.375 e. The number of hydrogen-bond donors (Lipinski definition) is 1. The van der Waals surface area contributed by atoms with Crippen LogP contribution in [0.25, 0.3) is 0 Å². The van der Waals surface area contributed by atoms with E-state index in [1.807, 2.05) is 0 Å². The van der Waals surface area contributed by atoms with Crippen molar-refractivity contribution in [2.24, 2.45) is 0 Å². The van der Waals surface area contributed by atoms with Crippen LogP contribution in [-0.4, -0.2) is 24.2 Å². The standard InChI is InChI=1S/C17H24FNO2/c1-4-17(5-2)11-14(8-9-21-17)19-16(20)13-6-7-15(18)12(3)10-13/h6-7,10,14H,4-5,8-9,11H2,1-3H3,(H,19,20). The van der Waals surface area contributed by atoms with E-state index in [0.717, 1.165) is 25.7 Å². The molecule has 1 amide bonds. The van der Waals surface area contributed by atoms with E-state index in [0.29, 0.717) is 17.7 Å². The van der Waals surface area contributed by atoms with E-state index in [2.05, 4.69) is 19.2 Å². The fourth-order valence-corrected chi connectivity index (χ4v) is 2.95. The number of amides is 1. The summed E-state index contributed by atoms with van der Waals surface area (Å²) in [6.07, 6.45) is 3.57. The van der Waals surface area contributed by atoms with Crippen molar-refractivity contribution >= 4 is 5.91 Å². The van der Waals surface area contributed by atoms with Gasteiger partial charge in [-0.1, -0.05) is 13.8 Å². The van der Waals surface area contributed by atoms with Crippen LogP contribution in [0.4, 0.5) is 4.39 Å². The molecule has 0 aromatic heterocycles. The van der Waals surface area contributed by atoms with Crippen LogP contribution in [0.5, 0.6) is 0 Å². The summed E-state index contributed by atoms with van der Waals surface area (Å²) in [5.74, 6) is -0.417. The van der Waals surface area contributed by atoms with E-state index < -0.39 is 0 Å². The molecule has 0 saturated carbocycles. The van der Waals surface area contributed by atoms with Gasteiger partial charge in [-0.15, -0.1) is 0 Å². The molecule has 1 aliphatic rings. The van der Waals surface area contributed by atoms with Gasteiger partial charge in [0.2, 0.25) is 0 Å². The SMILES string of the molecule is CCC1(CC)CC(NC(=O)c2ccc(F)c(C)c2)CCO1. The molecule has 1 aromatic rings. The number of nitrogens with one attached hydrogen (secondary N) is 1. The number of carbonyl (C=O) groups is 1. The molecule has 1 fully saturated rings. The largest absolute Gasteiger partial charge is 0.375 e. The Labute approximate surface area is 125 Å². The maximum Gasteiger partial charge on any atom is 0.251 e. The molecular weight excluding hydrogens is 269 g/mol. The summed E-state index contributed by atoms with van der Waals surface area (Å²) in [7, 11) is 0. The normalized spacial score (nSPS) is 21.0. The van der Waals surface area contributed by atoms with Crippen molar-refractivity contribution in [2.75, 3.05) is 6.61 Å². The Bertz CT molecular complexity index is 512. The summed E-state index contributed by atoms with van der Waals surface area (Å²) in [4.78, 5) is 12.3. The van der Waals surface area contributed by atoms with Crippen molar-refractivity contribution in [2.45, 2.75) is 58.1 Å². The maximum atomic E-state index is 13.3. The predicted molar refractivity (Wildman–Crippen MR) is 80.9 cm³/mol. The van der Waals surface area contributed by atoms with Crippen LogP contribution >= 0.6 is 0 Å². The Kier molecular flexibility index (Phi) is 4.99. The van der Waals surface area contributed by atoms with Crippen LogP contribution in [0.3, 0.4) is 0 Å². The third-order valence-corrected chi connectivity index (χ3v) is 4.54. The van der Waals surface area contributed by atoms with Crippen molar-refractivity contribution in [3.05, 3.63) is 35.1 Å². The topological polar surface area (TPSA) is 38.3 Å².